The maximum atomic E-state index is 13.1. The number of alkyl halides is 3. The summed E-state index contributed by atoms with van der Waals surface area (Å²) in [5, 5.41) is 24.0. The molecule has 212 valence electrons. The average Bonchev–Trinajstić information content (AvgIpc) is 2.88. The van der Waals surface area contributed by atoms with Gasteiger partial charge in [-0.15, -0.1) is 0 Å². The lowest BCUT2D eigenvalue weighted by molar-refractivity contribution is -0.186. The Bertz CT molecular complexity index is 1020. The molecule has 1 heterocycles. The maximum Gasteiger partial charge on any atom is 0.416 e. The van der Waals surface area contributed by atoms with Crippen LogP contribution >= 0.6 is 11.8 Å². The quantitative estimate of drug-likeness (QED) is 0.482. The number of aliphatic hydroxyl groups is 2. The molecule has 1 saturated heterocycles. The van der Waals surface area contributed by atoms with Gasteiger partial charge in [-0.1, -0.05) is 19.9 Å². The summed E-state index contributed by atoms with van der Waals surface area (Å²) in [6, 6.07) is 4.32. The topological polar surface area (TPSA) is 99.1 Å². The van der Waals surface area contributed by atoms with E-state index in [1.54, 1.807) is 0 Å². The number of carbonyl (C=O) groups excluding carboxylic acids is 2. The van der Waals surface area contributed by atoms with Gasteiger partial charge in [-0.2, -0.15) is 24.9 Å². The van der Waals surface area contributed by atoms with E-state index in [2.05, 4.69) is 12.2 Å². The molecule has 0 spiro atoms. The predicted molar refractivity (Wildman–Crippen MR) is 139 cm³/mol. The number of amides is 2. The molecule has 2 amide bonds. The summed E-state index contributed by atoms with van der Waals surface area (Å²) in [5.74, 6) is 1.44. The molecule has 0 bridgehead atoms. The highest BCUT2D eigenvalue weighted by Gasteiger charge is 2.60. The summed E-state index contributed by atoms with van der Waals surface area (Å²) in [7, 11) is 0. The zero-order chi connectivity index (χ0) is 27.7. The molecule has 1 aliphatic heterocycles. The van der Waals surface area contributed by atoms with E-state index in [0.717, 1.165) is 23.6 Å². The lowest BCUT2D eigenvalue weighted by Gasteiger charge is -2.60. The molecular formula is C27H37F3N2O5S. The second-order valence-electron chi connectivity index (χ2n) is 11.3. The van der Waals surface area contributed by atoms with Crippen molar-refractivity contribution in [1.82, 2.24) is 4.90 Å². The van der Waals surface area contributed by atoms with Gasteiger partial charge in [0.05, 0.1) is 18.3 Å². The zero-order valence-electron chi connectivity index (χ0n) is 21.8. The van der Waals surface area contributed by atoms with Gasteiger partial charge in [-0.05, 0) is 61.1 Å². The Hall–Kier alpha value is -1.98. The lowest BCUT2D eigenvalue weighted by Crippen LogP contribution is -2.61. The van der Waals surface area contributed by atoms with Crippen molar-refractivity contribution >= 4 is 29.4 Å². The second kappa shape index (κ2) is 11.3. The maximum absolute atomic E-state index is 13.1. The number of carbonyl (C=O) groups is 2. The molecule has 3 aliphatic rings. The first-order valence-corrected chi connectivity index (χ1v) is 14.3. The van der Waals surface area contributed by atoms with Crippen LogP contribution in [0.2, 0.25) is 0 Å². The van der Waals surface area contributed by atoms with Crippen molar-refractivity contribution in [3.63, 3.8) is 0 Å². The normalized spacial score (nSPS) is 33.8. The van der Waals surface area contributed by atoms with Crippen LogP contribution in [0, 0.1) is 22.7 Å². The molecule has 1 aromatic rings. The molecule has 2 aliphatic carbocycles. The Kier molecular flexibility index (Phi) is 8.59. The number of anilines is 1. The molecule has 38 heavy (non-hydrogen) atoms. The summed E-state index contributed by atoms with van der Waals surface area (Å²) >= 11 is 1.82. The third kappa shape index (κ3) is 5.79. The van der Waals surface area contributed by atoms with Crippen molar-refractivity contribution in [1.29, 1.82) is 0 Å². The van der Waals surface area contributed by atoms with E-state index in [-0.39, 0.29) is 36.5 Å². The highest BCUT2D eigenvalue weighted by Crippen LogP contribution is 2.61. The first-order valence-electron chi connectivity index (χ1n) is 13.2. The van der Waals surface area contributed by atoms with E-state index < -0.39 is 40.9 Å². The number of thioether (sulfide) groups is 1. The van der Waals surface area contributed by atoms with E-state index in [1.165, 1.54) is 12.1 Å². The molecule has 1 aromatic carbocycles. The number of ether oxygens (including phenoxy) is 1. The number of hydrogen-bond acceptors (Lipinski definition) is 6. The highest BCUT2D eigenvalue weighted by atomic mass is 32.2. The molecule has 0 radical (unpaired) electrons. The Morgan fingerprint density at radius 3 is 2.55 bits per heavy atom. The summed E-state index contributed by atoms with van der Waals surface area (Å²) < 4.78 is 44.9. The van der Waals surface area contributed by atoms with Gasteiger partial charge in [0.1, 0.15) is 6.10 Å². The van der Waals surface area contributed by atoms with Gasteiger partial charge in [-0.25, -0.2) is 4.79 Å². The monoisotopic (exact) mass is 558 g/mol. The van der Waals surface area contributed by atoms with Gasteiger partial charge in [0.25, 0.3) is 0 Å². The molecule has 0 aromatic heterocycles. The zero-order valence-corrected chi connectivity index (χ0v) is 22.6. The summed E-state index contributed by atoms with van der Waals surface area (Å²) in [5.41, 5.74) is -2.21. The van der Waals surface area contributed by atoms with Gasteiger partial charge in [0.2, 0.25) is 5.91 Å². The minimum atomic E-state index is -4.54. The molecule has 7 nitrogen and oxygen atoms in total. The Labute approximate surface area is 225 Å². The Balaban J connectivity index is 1.48. The number of hydrogen-bond donors (Lipinski definition) is 3. The minimum Gasteiger partial charge on any atom is -0.445 e. The van der Waals surface area contributed by atoms with Crippen LogP contribution in [0.15, 0.2) is 24.3 Å². The van der Waals surface area contributed by atoms with Crippen molar-refractivity contribution in [3.05, 3.63) is 29.8 Å². The fourth-order valence-electron chi connectivity index (χ4n) is 6.96. The standard InChI is InChI=1S/C27H37F3N2O5S/c1-25-9-8-22(37-24(36)31-18-5-3-4-17(14-18)27(28,29)30)26(2,16-33)21(25)7-6-20(34)19(25)15-23(35)32-10-12-38-13-11-32/h3-5,14,19-22,33-34H,6-13,15-16H2,1-2H3,(H,31,36). The van der Waals surface area contributed by atoms with E-state index in [0.29, 0.717) is 38.8 Å². The van der Waals surface area contributed by atoms with Crippen LogP contribution in [0.5, 0.6) is 0 Å². The molecule has 4 rings (SSSR count). The lowest BCUT2D eigenvalue weighted by atomic mass is 9.46. The minimum absolute atomic E-state index is 0.0355. The van der Waals surface area contributed by atoms with Crippen molar-refractivity contribution in [3.8, 4) is 0 Å². The highest BCUT2D eigenvalue weighted by molar-refractivity contribution is 7.99. The van der Waals surface area contributed by atoms with Gasteiger partial charge >= 0.3 is 12.3 Å². The van der Waals surface area contributed by atoms with E-state index in [1.807, 2.05) is 23.6 Å². The van der Waals surface area contributed by atoms with Crippen LogP contribution in [0.3, 0.4) is 0 Å². The van der Waals surface area contributed by atoms with Crippen molar-refractivity contribution in [2.45, 2.75) is 64.3 Å². The Morgan fingerprint density at radius 1 is 1.18 bits per heavy atom. The van der Waals surface area contributed by atoms with Gasteiger partial charge in [0.15, 0.2) is 0 Å². The van der Waals surface area contributed by atoms with Crippen LogP contribution in [0.4, 0.5) is 23.7 Å². The van der Waals surface area contributed by atoms with Crippen LogP contribution in [-0.4, -0.2) is 70.5 Å². The van der Waals surface area contributed by atoms with Gasteiger partial charge in [-0.3, -0.25) is 10.1 Å². The van der Waals surface area contributed by atoms with Crippen LogP contribution in [0.1, 0.15) is 51.5 Å². The number of halogens is 3. The fourth-order valence-corrected chi connectivity index (χ4v) is 7.86. The first-order chi connectivity index (χ1) is 17.9. The largest absolute Gasteiger partial charge is 0.445 e. The van der Waals surface area contributed by atoms with Gasteiger partial charge in [0, 0.05) is 42.1 Å². The SMILES string of the molecule is CC1(CO)C(OC(=O)Nc2cccc(C(F)(F)F)c2)CCC2(C)C(CC(=O)N3CCSCC3)C(O)CCC12. The third-order valence-electron chi connectivity index (χ3n) is 9.12. The van der Waals surface area contributed by atoms with Crippen molar-refractivity contribution in [2.75, 3.05) is 36.5 Å². The predicted octanol–water partition coefficient (Wildman–Crippen LogP) is 4.77. The molecule has 6 unspecified atom stereocenters. The first kappa shape index (κ1) is 29.0. The number of rotatable bonds is 5. The van der Waals surface area contributed by atoms with E-state index in [4.69, 9.17) is 4.74 Å². The fraction of sp³-hybridized carbons (Fsp3) is 0.704. The van der Waals surface area contributed by atoms with E-state index >= 15 is 0 Å². The van der Waals surface area contributed by atoms with Gasteiger partial charge < -0.3 is 19.8 Å². The van der Waals surface area contributed by atoms with Crippen molar-refractivity contribution in [2.24, 2.45) is 22.7 Å². The molecule has 6 atom stereocenters. The smallest absolute Gasteiger partial charge is 0.416 e. The van der Waals surface area contributed by atoms with Crippen LogP contribution in [-0.2, 0) is 15.7 Å². The summed E-state index contributed by atoms with van der Waals surface area (Å²) in [6.45, 7) is 5.07. The number of benzene rings is 1. The van der Waals surface area contributed by atoms with Crippen LogP contribution in [0.25, 0.3) is 0 Å². The number of fused-ring (bicyclic) bond motifs is 1. The summed E-state index contributed by atoms with van der Waals surface area (Å²) in [6.07, 6.45) is -4.43. The van der Waals surface area contributed by atoms with Crippen molar-refractivity contribution < 1.29 is 37.7 Å². The molecule has 3 fully saturated rings. The number of nitrogens with one attached hydrogen (secondary N) is 1. The Morgan fingerprint density at radius 2 is 1.89 bits per heavy atom. The second-order valence-corrected chi connectivity index (χ2v) is 12.5. The third-order valence-corrected chi connectivity index (χ3v) is 10.1. The summed E-state index contributed by atoms with van der Waals surface area (Å²) in [4.78, 5) is 27.7. The molecule has 3 N–H and O–H groups in total. The number of nitrogens with zero attached hydrogens (tertiary/aromatic N) is 1. The molecular weight excluding hydrogens is 521 g/mol. The number of aliphatic hydroxyl groups excluding tert-OH is 2. The molecule has 2 saturated carbocycles. The van der Waals surface area contributed by atoms with Crippen LogP contribution < -0.4 is 5.32 Å². The average molecular weight is 559 g/mol. The van der Waals surface area contributed by atoms with E-state index in [9.17, 15) is 33.0 Å². The molecule has 11 heteroatoms.